The molecule has 0 aliphatic carbocycles. The highest BCUT2D eigenvalue weighted by molar-refractivity contribution is 5.90. The van der Waals surface area contributed by atoms with Crippen molar-refractivity contribution in [2.24, 2.45) is 0 Å². The minimum Gasteiger partial charge on any atom is -0.478 e. The Labute approximate surface area is 79.9 Å². The molecule has 0 amide bonds. The van der Waals surface area contributed by atoms with Gasteiger partial charge in [-0.3, -0.25) is 0 Å². The molecule has 0 fully saturated rings. The van der Waals surface area contributed by atoms with Crippen LogP contribution in [0.15, 0.2) is 18.2 Å². The first-order chi connectivity index (χ1) is 6.65. The Kier molecular flexibility index (Phi) is 3.41. The van der Waals surface area contributed by atoms with Crippen LogP contribution < -0.4 is 4.74 Å². The van der Waals surface area contributed by atoms with E-state index in [1.807, 2.05) is 0 Å². The molecule has 76 valence electrons. The fourth-order valence-electron chi connectivity index (χ4n) is 0.918. The van der Waals surface area contributed by atoms with Crippen LogP contribution in [-0.2, 0) is 4.74 Å². The molecule has 0 spiro atoms. The van der Waals surface area contributed by atoms with Gasteiger partial charge in [0.25, 0.3) is 0 Å². The molecule has 0 saturated carbocycles. The summed E-state index contributed by atoms with van der Waals surface area (Å²) in [5.74, 6) is -1.77. The minimum absolute atomic E-state index is 0.0775. The van der Waals surface area contributed by atoms with Gasteiger partial charge in [-0.05, 0) is 18.2 Å². The molecular weight excluding hydrogens is 191 g/mol. The smallest absolute Gasteiger partial charge is 0.339 e. The van der Waals surface area contributed by atoms with Gasteiger partial charge in [-0.2, -0.15) is 0 Å². The van der Waals surface area contributed by atoms with Crippen LogP contribution in [0.3, 0.4) is 0 Å². The summed E-state index contributed by atoms with van der Waals surface area (Å²) in [6.07, 6.45) is 0. The first kappa shape index (κ1) is 10.5. The average molecular weight is 200 g/mol. The zero-order chi connectivity index (χ0) is 10.6. The number of aromatic carboxylic acids is 1. The average Bonchev–Trinajstić information content (AvgIpc) is 2.15. The molecule has 4 nitrogen and oxygen atoms in total. The highest BCUT2D eigenvalue weighted by Gasteiger charge is 2.12. The SMILES string of the molecule is COCOc1ccc(F)cc1C(=O)O. The van der Waals surface area contributed by atoms with Crippen LogP contribution >= 0.6 is 0 Å². The number of carboxylic acids is 1. The third-order valence-corrected chi connectivity index (χ3v) is 1.50. The Balaban J connectivity index is 2.96. The summed E-state index contributed by atoms with van der Waals surface area (Å²) in [7, 11) is 1.41. The van der Waals surface area contributed by atoms with E-state index in [9.17, 15) is 9.18 Å². The van der Waals surface area contributed by atoms with Crippen LogP contribution in [0.2, 0.25) is 0 Å². The van der Waals surface area contributed by atoms with Gasteiger partial charge >= 0.3 is 5.97 Å². The largest absolute Gasteiger partial charge is 0.478 e. The van der Waals surface area contributed by atoms with Crippen LogP contribution in [0, 0.1) is 5.82 Å². The molecule has 14 heavy (non-hydrogen) atoms. The molecule has 1 N–H and O–H groups in total. The normalized spacial score (nSPS) is 9.86. The van der Waals surface area contributed by atoms with Gasteiger partial charge in [-0.15, -0.1) is 0 Å². The van der Waals surface area contributed by atoms with Crippen molar-refractivity contribution in [2.75, 3.05) is 13.9 Å². The molecule has 0 aliphatic heterocycles. The van der Waals surface area contributed by atoms with Gasteiger partial charge in [-0.1, -0.05) is 0 Å². The van der Waals surface area contributed by atoms with Crippen molar-refractivity contribution in [3.63, 3.8) is 0 Å². The van der Waals surface area contributed by atoms with Crippen LogP contribution in [0.4, 0.5) is 4.39 Å². The highest BCUT2D eigenvalue weighted by atomic mass is 19.1. The van der Waals surface area contributed by atoms with Crippen LogP contribution in [0.1, 0.15) is 10.4 Å². The molecule has 1 rings (SSSR count). The number of hydrogen-bond donors (Lipinski definition) is 1. The number of carboxylic acid groups (broad SMARTS) is 1. The molecule has 0 saturated heterocycles. The van der Waals surface area contributed by atoms with Crippen molar-refractivity contribution in [2.45, 2.75) is 0 Å². The lowest BCUT2D eigenvalue weighted by atomic mass is 10.2. The first-order valence-corrected chi connectivity index (χ1v) is 3.79. The number of hydrogen-bond acceptors (Lipinski definition) is 3. The predicted octanol–water partition coefficient (Wildman–Crippen LogP) is 1.51. The second kappa shape index (κ2) is 4.57. The fraction of sp³-hybridized carbons (Fsp3) is 0.222. The Morgan fingerprint density at radius 3 is 2.86 bits per heavy atom. The Morgan fingerprint density at radius 2 is 2.29 bits per heavy atom. The van der Waals surface area contributed by atoms with Gasteiger partial charge in [0.1, 0.15) is 17.1 Å². The number of halogens is 1. The first-order valence-electron chi connectivity index (χ1n) is 3.79. The predicted molar refractivity (Wildman–Crippen MR) is 45.9 cm³/mol. The maximum Gasteiger partial charge on any atom is 0.339 e. The summed E-state index contributed by atoms with van der Waals surface area (Å²) < 4.78 is 22.2. The fourth-order valence-corrected chi connectivity index (χ4v) is 0.918. The van der Waals surface area contributed by atoms with Crippen LogP contribution in [0.5, 0.6) is 5.75 Å². The third-order valence-electron chi connectivity index (χ3n) is 1.50. The molecule has 0 bridgehead atoms. The molecule has 5 heteroatoms. The van der Waals surface area contributed by atoms with Gasteiger partial charge < -0.3 is 14.6 Å². The second-order valence-electron chi connectivity index (χ2n) is 2.50. The van der Waals surface area contributed by atoms with Crippen molar-refractivity contribution < 1.29 is 23.8 Å². The zero-order valence-corrected chi connectivity index (χ0v) is 7.49. The summed E-state index contributed by atoms with van der Waals surface area (Å²) in [4.78, 5) is 10.6. The zero-order valence-electron chi connectivity index (χ0n) is 7.49. The quantitative estimate of drug-likeness (QED) is 0.748. The Morgan fingerprint density at radius 1 is 1.57 bits per heavy atom. The van der Waals surface area contributed by atoms with Crippen molar-refractivity contribution in [3.05, 3.63) is 29.6 Å². The summed E-state index contributed by atoms with van der Waals surface area (Å²) in [6.45, 7) is -0.0775. The van der Waals surface area contributed by atoms with Crippen molar-refractivity contribution >= 4 is 5.97 Å². The highest BCUT2D eigenvalue weighted by Crippen LogP contribution is 2.19. The van der Waals surface area contributed by atoms with E-state index in [0.29, 0.717) is 0 Å². The third kappa shape index (κ3) is 2.43. The maximum absolute atomic E-state index is 12.7. The molecule has 0 atom stereocenters. The molecular formula is C9H9FO4. The molecule has 0 aliphatic rings. The number of benzene rings is 1. The van der Waals surface area contributed by atoms with Gasteiger partial charge in [0, 0.05) is 7.11 Å². The van der Waals surface area contributed by atoms with E-state index in [0.717, 1.165) is 12.1 Å². The van der Waals surface area contributed by atoms with Gasteiger partial charge in [-0.25, -0.2) is 9.18 Å². The molecule has 1 aromatic rings. The monoisotopic (exact) mass is 200 g/mol. The van der Waals surface area contributed by atoms with Crippen molar-refractivity contribution in [1.29, 1.82) is 0 Å². The van der Waals surface area contributed by atoms with Crippen molar-refractivity contribution in [3.8, 4) is 5.75 Å². The number of rotatable bonds is 4. The van der Waals surface area contributed by atoms with E-state index in [2.05, 4.69) is 4.74 Å². The van der Waals surface area contributed by atoms with E-state index < -0.39 is 11.8 Å². The summed E-state index contributed by atoms with van der Waals surface area (Å²) >= 11 is 0. The number of methoxy groups -OCH3 is 1. The van der Waals surface area contributed by atoms with Crippen LogP contribution in [0.25, 0.3) is 0 Å². The minimum atomic E-state index is -1.24. The standard InChI is InChI=1S/C9H9FO4/c1-13-5-14-8-3-2-6(10)4-7(8)9(11)12/h2-4H,5H2,1H3,(H,11,12). The topological polar surface area (TPSA) is 55.8 Å². The summed E-state index contributed by atoms with van der Waals surface area (Å²) in [6, 6.07) is 3.27. The molecule has 0 aromatic heterocycles. The molecule has 1 aromatic carbocycles. The van der Waals surface area contributed by atoms with E-state index in [1.165, 1.54) is 13.2 Å². The molecule has 0 unspecified atom stereocenters. The molecule has 0 heterocycles. The van der Waals surface area contributed by atoms with E-state index in [-0.39, 0.29) is 18.1 Å². The Hall–Kier alpha value is -1.62. The number of carbonyl (C=O) groups is 1. The van der Waals surface area contributed by atoms with Crippen molar-refractivity contribution in [1.82, 2.24) is 0 Å². The lowest BCUT2D eigenvalue weighted by Gasteiger charge is -2.07. The van der Waals surface area contributed by atoms with E-state index in [1.54, 1.807) is 0 Å². The van der Waals surface area contributed by atoms with E-state index in [4.69, 9.17) is 9.84 Å². The van der Waals surface area contributed by atoms with Gasteiger partial charge in [0.2, 0.25) is 0 Å². The van der Waals surface area contributed by atoms with Gasteiger partial charge in [0.15, 0.2) is 6.79 Å². The maximum atomic E-state index is 12.7. The van der Waals surface area contributed by atoms with Crippen LogP contribution in [-0.4, -0.2) is 25.0 Å². The summed E-state index contributed by atoms with van der Waals surface area (Å²) in [5, 5.41) is 8.70. The van der Waals surface area contributed by atoms with E-state index >= 15 is 0 Å². The lowest BCUT2D eigenvalue weighted by molar-refractivity contribution is 0.0483. The second-order valence-corrected chi connectivity index (χ2v) is 2.50. The molecule has 0 radical (unpaired) electrons. The summed E-state index contributed by atoms with van der Waals surface area (Å²) in [5.41, 5.74) is -0.220. The lowest BCUT2D eigenvalue weighted by Crippen LogP contribution is -2.05. The Bertz CT molecular complexity index is 338. The van der Waals surface area contributed by atoms with Gasteiger partial charge in [0.05, 0.1) is 0 Å². The number of ether oxygens (including phenoxy) is 2.